The lowest BCUT2D eigenvalue weighted by Crippen LogP contribution is -2.29. The highest BCUT2D eigenvalue weighted by atomic mass is 16.5. The fourth-order valence-electron chi connectivity index (χ4n) is 1.93. The van der Waals surface area contributed by atoms with Crippen LogP contribution in [0.4, 0.5) is 11.4 Å². The number of hydrogen-bond donors (Lipinski definition) is 2. The number of benzene rings is 2. The van der Waals surface area contributed by atoms with E-state index in [0.29, 0.717) is 17.1 Å². The average molecular weight is 298 g/mol. The van der Waals surface area contributed by atoms with Gasteiger partial charge in [-0.1, -0.05) is 18.2 Å². The molecule has 114 valence electrons. The summed E-state index contributed by atoms with van der Waals surface area (Å²) in [6.07, 6.45) is 0. The molecule has 5 nitrogen and oxygen atoms in total. The van der Waals surface area contributed by atoms with E-state index in [1.54, 1.807) is 30.3 Å². The summed E-state index contributed by atoms with van der Waals surface area (Å²) in [7, 11) is 1.50. The molecule has 0 aliphatic heterocycles. The number of nitrogens with one attached hydrogen (secondary N) is 2. The van der Waals surface area contributed by atoms with Gasteiger partial charge < -0.3 is 15.4 Å². The zero-order valence-electron chi connectivity index (χ0n) is 12.8. The van der Waals surface area contributed by atoms with Crippen molar-refractivity contribution >= 4 is 23.2 Å². The minimum absolute atomic E-state index is 0.449. The summed E-state index contributed by atoms with van der Waals surface area (Å²) in [5.74, 6) is -0.980. The highest BCUT2D eigenvalue weighted by Crippen LogP contribution is 2.23. The molecule has 0 saturated carbocycles. The molecule has 0 aliphatic rings. The summed E-state index contributed by atoms with van der Waals surface area (Å²) in [5, 5.41) is 5.11. The van der Waals surface area contributed by atoms with Crippen molar-refractivity contribution in [3.05, 3.63) is 53.6 Å². The molecular weight excluding hydrogens is 280 g/mol. The molecule has 0 heterocycles. The average Bonchev–Trinajstić information content (AvgIpc) is 2.51. The Morgan fingerprint density at radius 2 is 1.59 bits per heavy atom. The Labute approximate surface area is 129 Å². The Hall–Kier alpha value is -2.82. The van der Waals surface area contributed by atoms with Crippen molar-refractivity contribution in [2.75, 3.05) is 17.7 Å². The number of hydrogen-bond acceptors (Lipinski definition) is 3. The fourth-order valence-corrected chi connectivity index (χ4v) is 1.93. The second kappa shape index (κ2) is 6.76. The van der Waals surface area contributed by atoms with Gasteiger partial charge in [-0.2, -0.15) is 0 Å². The van der Waals surface area contributed by atoms with Gasteiger partial charge in [0.2, 0.25) is 0 Å². The fraction of sp³-hybridized carbons (Fsp3) is 0.176. The molecule has 0 aliphatic carbocycles. The second-order valence-electron chi connectivity index (χ2n) is 4.91. The van der Waals surface area contributed by atoms with E-state index >= 15 is 0 Å². The Balaban J connectivity index is 2.06. The number of carbonyl (C=O) groups is 2. The summed E-state index contributed by atoms with van der Waals surface area (Å²) < 4.78 is 5.13. The lowest BCUT2D eigenvalue weighted by Gasteiger charge is -2.10. The van der Waals surface area contributed by atoms with Crippen LogP contribution in [0.5, 0.6) is 5.75 Å². The first-order chi connectivity index (χ1) is 10.5. The SMILES string of the molecule is COc1ccccc1NC(=O)C(=O)Nc1ccc(C)c(C)c1. The number of aryl methyl sites for hydroxylation is 2. The zero-order valence-corrected chi connectivity index (χ0v) is 12.8. The predicted octanol–water partition coefficient (Wildman–Crippen LogP) is 2.89. The van der Waals surface area contributed by atoms with E-state index in [9.17, 15) is 9.59 Å². The molecule has 0 unspecified atom stereocenters. The standard InChI is InChI=1S/C17H18N2O3/c1-11-8-9-13(10-12(11)2)18-16(20)17(21)19-14-6-4-5-7-15(14)22-3/h4-10H,1-3H3,(H,18,20)(H,19,21). The molecule has 2 aromatic carbocycles. The van der Waals surface area contributed by atoms with Crippen molar-refractivity contribution in [2.45, 2.75) is 13.8 Å². The number of amides is 2. The van der Waals surface area contributed by atoms with E-state index in [2.05, 4.69) is 10.6 Å². The van der Waals surface area contributed by atoms with E-state index in [1.807, 2.05) is 26.0 Å². The van der Waals surface area contributed by atoms with E-state index in [1.165, 1.54) is 7.11 Å². The summed E-state index contributed by atoms with van der Waals surface area (Å²) in [6.45, 7) is 3.93. The number of rotatable bonds is 3. The van der Waals surface area contributed by atoms with Crippen molar-refractivity contribution in [1.82, 2.24) is 0 Å². The summed E-state index contributed by atoms with van der Waals surface area (Å²) in [4.78, 5) is 23.9. The van der Waals surface area contributed by atoms with Crippen molar-refractivity contribution in [3.8, 4) is 5.75 Å². The van der Waals surface area contributed by atoms with Crippen LogP contribution < -0.4 is 15.4 Å². The Morgan fingerprint density at radius 3 is 2.27 bits per heavy atom. The predicted molar refractivity (Wildman–Crippen MR) is 86.2 cm³/mol. The molecule has 0 bridgehead atoms. The molecular formula is C17H18N2O3. The number of carbonyl (C=O) groups excluding carboxylic acids is 2. The normalized spacial score (nSPS) is 9.95. The van der Waals surface area contributed by atoms with Crippen LogP contribution in [0.15, 0.2) is 42.5 Å². The maximum Gasteiger partial charge on any atom is 0.314 e. The van der Waals surface area contributed by atoms with Crippen LogP contribution in [0.25, 0.3) is 0 Å². The van der Waals surface area contributed by atoms with E-state index in [0.717, 1.165) is 11.1 Å². The van der Waals surface area contributed by atoms with Crippen LogP contribution in [-0.4, -0.2) is 18.9 Å². The van der Waals surface area contributed by atoms with Gasteiger partial charge in [0.05, 0.1) is 12.8 Å². The second-order valence-corrected chi connectivity index (χ2v) is 4.91. The van der Waals surface area contributed by atoms with Gasteiger partial charge in [0, 0.05) is 5.69 Å². The smallest absolute Gasteiger partial charge is 0.314 e. The third-order valence-corrected chi connectivity index (χ3v) is 3.33. The van der Waals surface area contributed by atoms with Gasteiger partial charge in [-0.05, 0) is 49.2 Å². The number of methoxy groups -OCH3 is 1. The first kappa shape index (κ1) is 15.6. The summed E-state index contributed by atoms with van der Waals surface area (Å²) >= 11 is 0. The number of anilines is 2. The van der Waals surface area contributed by atoms with E-state index in [4.69, 9.17) is 4.74 Å². The monoisotopic (exact) mass is 298 g/mol. The number of para-hydroxylation sites is 2. The van der Waals surface area contributed by atoms with Crippen LogP contribution in [0.1, 0.15) is 11.1 Å². The minimum atomic E-state index is -0.747. The van der Waals surface area contributed by atoms with Gasteiger partial charge >= 0.3 is 11.8 Å². The molecule has 0 fully saturated rings. The Morgan fingerprint density at radius 1 is 0.909 bits per heavy atom. The van der Waals surface area contributed by atoms with Gasteiger partial charge in [-0.15, -0.1) is 0 Å². The molecule has 5 heteroatoms. The van der Waals surface area contributed by atoms with Gasteiger partial charge in [0.25, 0.3) is 0 Å². The zero-order chi connectivity index (χ0) is 16.1. The molecule has 2 rings (SSSR count). The minimum Gasteiger partial charge on any atom is -0.495 e. The molecule has 2 N–H and O–H groups in total. The van der Waals surface area contributed by atoms with Crippen molar-refractivity contribution in [2.24, 2.45) is 0 Å². The van der Waals surface area contributed by atoms with Crippen molar-refractivity contribution in [3.63, 3.8) is 0 Å². The highest BCUT2D eigenvalue weighted by molar-refractivity contribution is 6.43. The molecule has 22 heavy (non-hydrogen) atoms. The Bertz CT molecular complexity index is 711. The largest absolute Gasteiger partial charge is 0.495 e. The van der Waals surface area contributed by atoms with Crippen molar-refractivity contribution < 1.29 is 14.3 Å². The van der Waals surface area contributed by atoms with Crippen LogP contribution in [-0.2, 0) is 9.59 Å². The van der Waals surface area contributed by atoms with E-state index in [-0.39, 0.29) is 0 Å². The molecule has 0 atom stereocenters. The molecule has 0 aromatic heterocycles. The first-order valence-corrected chi connectivity index (χ1v) is 6.84. The topological polar surface area (TPSA) is 67.4 Å². The maximum absolute atomic E-state index is 12.0. The third kappa shape index (κ3) is 3.63. The Kier molecular flexibility index (Phi) is 4.78. The van der Waals surface area contributed by atoms with Crippen LogP contribution in [0.2, 0.25) is 0 Å². The molecule has 0 saturated heterocycles. The van der Waals surface area contributed by atoms with Crippen LogP contribution >= 0.6 is 0 Å². The van der Waals surface area contributed by atoms with Gasteiger partial charge in [-0.25, -0.2) is 0 Å². The van der Waals surface area contributed by atoms with Crippen molar-refractivity contribution in [1.29, 1.82) is 0 Å². The third-order valence-electron chi connectivity index (χ3n) is 3.33. The van der Waals surface area contributed by atoms with Gasteiger partial charge in [-0.3, -0.25) is 9.59 Å². The highest BCUT2D eigenvalue weighted by Gasteiger charge is 2.16. The van der Waals surface area contributed by atoms with Crippen LogP contribution in [0.3, 0.4) is 0 Å². The van der Waals surface area contributed by atoms with Gasteiger partial charge in [0.1, 0.15) is 5.75 Å². The molecule has 2 amide bonds. The van der Waals surface area contributed by atoms with E-state index < -0.39 is 11.8 Å². The molecule has 0 spiro atoms. The molecule has 2 aromatic rings. The summed E-state index contributed by atoms with van der Waals surface area (Å²) in [6, 6.07) is 12.4. The lowest BCUT2D eigenvalue weighted by molar-refractivity contribution is -0.133. The summed E-state index contributed by atoms with van der Waals surface area (Å²) in [5.41, 5.74) is 3.20. The van der Waals surface area contributed by atoms with Crippen LogP contribution in [0, 0.1) is 13.8 Å². The quantitative estimate of drug-likeness (QED) is 0.856. The first-order valence-electron chi connectivity index (χ1n) is 6.84. The van der Waals surface area contributed by atoms with Gasteiger partial charge in [0.15, 0.2) is 0 Å². The maximum atomic E-state index is 12.0. The number of ether oxygens (including phenoxy) is 1. The lowest BCUT2D eigenvalue weighted by atomic mass is 10.1. The molecule has 0 radical (unpaired) electrons.